The largest absolute Gasteiger partial charge is 0.431 e. The standard InChI is InChI=1S/C30H36N6O7/c31-27(38)17-25(34-28(39)23-15-14-20-10-4-7-13-22(20)33-23)29(40)36-43-30(41)35-24(16-19-8-2-1-3-9-19)26(37)18-32-42-21-11-5-6-12-21/h1-4,7-10,13-15,21,24-26,32,37H,5-6,11-12,16-18H2,(H2,31,38)(H,34,39)(H,35,41)(H,36,40)/t24-,25?,26+/m0/s1. The molecule has 3 aromatic rings. The fraction of sp³-hybridized carbons (Fsp3) is 0.367. The number of nitrogens with two attached hydrogens (primary N) is 1. The van der Waals surface area contributed by atoms with Crippen molar-refractivity contribution in [1.29, 1.82) is 0 Å². The molecule has 1 aromatic heterocycles. The van der Waals surface area contributed by atoms with Crippen molar-refractivity contribution < 1.29 is 34.0 Å². The fourth-order valence-electron chi connectivity index (χ4n) is 4.73. The number of aliphatic hydroxyl groups excluding tert-OH is 1. The number of carbonyl (C=O) groups is 4. The number of hydrogen-bond donors (Lipinski definition) is 6. The van der Waals surface area contributed by atoms with Crippen LogP contribution in [0.4, 0.5) is 4.79 Å². The summed E-state index contributed by atoms with van der Waals surface area (Å²) in [5.74, 6) is -2.58. The van der Waals surface area contributed by atoms with Crippen LogP contribution in [0.25, 0.3) is 10.9 Å². The quantitative estimate of drug-likeness (QED) is 0.159. The number of para-hydroxylation sites is 1. The Balaban J connectivity index is 1.33. The number of aliphatic hydroxyl groups is 1. The molecule has 0 aliphatic heterocycles. The third-order valence-corrected chi connectivity index (χ3v) is 7.01. The van der Waals surface area contributed by atoms with E-state index in [4.69, 9.17) is 15.4 Å². The number of hydroxylamine groups is 2. The summed E-state index contributed by atoms with van der Waals surface area (Å²) in [6.07, 6.45) is 1.72. The number of nitrogens with zero attached hydrogens (tertiary/aromatic N) is 1. The Labute approximate surface area is 248 Å². The topological polar surface area (TPSA) is 194 Å². The maximum atomic E-state index is 12.8. The van der Waals surface area contributed by atoms with Gasteiger partial charge in [0, 0.05) is 11.9 Å². The minimum Gasteiger partial charge on any atom is -0.390 e. The van der Waals surface area contributed by atoms with E-state index >= 15 is 0 Å². The van der Waals surface area contributed by atoms with E-state index < -0.39 is 48.4 Å². The maximum Gasteiger partial charge on any atom is 0.431 e. The second kappa shape index (κ2) is 15.6. The van der Waals surface area contributed by atoms with Crippen molar-refractivity contribution in [3.8, 4) is 0 Å². The molecule has 4 rings (SSSR count). The number of fused-ring (bicyclic) bond motifs is 1. The van der Waals surface area contributed by atoms with Crippen LogP contribution in [0.2, 0.25) is 0 Å². The molecule has 0 radical (unpaired) electrons. The van der Waals surface area contributed by atoms with Gasteiger partial charge in [0.2, 0.25) is 5.91 Å². The number of carbonyl (C=O) groups excluding carboxylic acids is 4. The molecule has 1 aliphatic rings. The van der Waals surface area contributed by atoms with Gasteiger partial charge in [0.15, 0.2) is 0 Å². The summed E-state index contributed by atoms with van der Waals surface area (Å²) >= 11 is 0. The highest BCUT2D eigenvalue weighted by atomic mass is 16.7. The van der Waals surface area contributed by atoms with Gasteiger partial charge in [0.05, 0.1) is 30.2 Å². The van der Waals surface area contributed by atoms with Crippen molar-refractivity contribution in [3.05, 3.63) is 78.0 Å². The first-order chi connectivity index (χ1) is 20.8. The lowest BCUT2D eigenvalue weighted by molar-refractivity contribution is -0.133. The van der Waals surface area contributed by atoms with Gasteiger partial charge in [-0.25, -0.2) is 9.78 Å². The molecule has 1 saturated carbocycles. The number of pyridine rings is 1. The lowest BCUT2D eigenvalue weighted by atomic mass is 10.0. The van der Waals surface area contributed by atoms with Crippen molar-refractivity contribution in [1.82, 2.24) is 26.6 Å². The van der Waals surface area contributed by atoms with Crippen LogP contribution in [0, 0.1) is 0 Å². The molecule has 13 nitrogen and oxygen atoms in total. The van der Waals surface area contributed by atoms with Gasteiger partial charge in [-0.05, 0) is 37.0 Å². The van der Waals surface area contributed by atoms with Gasteiger partial charge in [-0.1, -0.05) is 67.4 Å². The number of rotatable bonds is 13. The summed E-state index contributed by atoms with van der Waals surface area (Å²) in [4.78, 5) is 64.7. The van der Waals surface area contributed by atoms with Gasteiger partial charge < -0.3 is 26.3 Å². The molecule has 1 fully saturated rings. The molecule has 3 atom stereocenters. The van der Waals surface area contributed by atoms with Gasteiger partial charge in [-0.15, -0.1) is 0 Å². The monoisotopic (exact) mass is 592 g/mol. The Hall–Kier alpha value is -4.59. The molecule has 1 aliphatic carbocycles. The lowest BCUT2D eigenvalue weighted by Gasteiger charge is -2.25. The molecule has 0 saturated heterocycles. The second-order valence-electron chi connectivity index (χ2n) is 10.3. The molecular weight excluding hydrogens is 556 g/mol. The Morgan fingerprint density at radius 1 is 0.953 bits per heavy atom. The van der Waals surface area contributed by atoms with Crippen LogP contribution in [0.3, 0.4) is 0 Å². The smallest absolute Gasteiger partial charge is 0.390 e. The van der Waals surface area contributed by atoms with Crippen molar-refractivity contribution in [3.63, 3.8) is 0 Å². The average molecular weight is 593 g/mol. The van der Waals surface area contributed by atoms with Gasteiger partial charge in [0.1, 0.15) is 11.7 Å². The van der Waals surface area contributed by atoms with Crippen molar-refractivity contribution in [2.75, 3.05) is 6.54 Å². The van der Waals surface area contributed by atoms with Crippen LogP contribution >= 0.6 is 0 Å². The summed E-state index contributed by atoms with van der Waals surface area (Å²) in [6, 6.07) is 17.3. The van der Waals surface area contributed by atoms with Crippen molar-refractivity contribution in [2.24, 2.45) is 5.73 Å². The first-order valence-electron chi connectivity index (χ1n) is 14.1. The predicted molar refractivity (Wildman–Crippen MR) is 156 cm³/mol. The molecular formula is C30H36N6O7. The van der Waals surface area contributed by atoms with E-state index in [1.807, 2.05) is 47.9 Å². The predicted octanol–water partition coefficient (Wildman–Crippen LogP) is 1.40. The summed E-state index contributed by atoms with van der Waals surface area (Å²) in [5, 5.41) is 16.6. The highest BCUT2D eigenvalue weighted by Crippen LogP contribution is 2.20. The Bertz CT molecular complexity index is 1400. The van der Waals surface area contributed by atoms with E-state index in [0.29, 0.717) is 5.52 Å². The van der Waals surface area contributed by atoms with Crippen molar-refractivity contribution >= 4 is 34.7 Å². The molecule has 0 bridgehead atoms. The molecule has 13 heteroatoms. The van der Waals surface area contributed by atoms with E-state index in [1.54, 1.807) is 18.2 Å². The molecule has 7 N–H and O–H groups in total. The van der Waals surface area contributed by atoms with E-state index in [9.17, 15) is 24.3 Å². The van der Waals surface area contributed by atoms with Gasteiger partial charge in [-0.2, -0.15) is 11.0 Å². The molecule has 1 unspecified atom stereocenters. The first-order valence-corrected chi connectivity index (χ1v) is 14.1. The second-order valence-corrected chi connectivity index (χ2v) is 10.3. The summed E-state index contributed by atoms with van der Waals surface area (Å²) in [5.41, 5.74) is 11.4. The number of benzene rings is 2. The third-order valence-electron chi connectivity index (χ3n) is 7.01. The molecule has 43 heavy (non-hydrogen) atoms. The van der Waals surface area contributed by atoms with Crippen LogP contribution < -0.4 is 27.3 Å². The summed E-state index contributed by atoms with van der Waals surface area (Å²) in [7, 11) is 0. The van der Waals surface area contributed by atoms with Crippen LogP contribution in [0.15, 0.2) is 66.7 Å². The number of hydrogen-bond acceptors (Lipinski definition) is 9. The Kier molecular flexibility index (Phi) is 11.4. The first kappa shape index (κ1) is 31.3. The van der Waals surface area contributed by atoms with Gasteiger partial charge in [0.25, 0.3) is 11.8 Å². The van der Waals surface area contributed by atoms with Crippen LogP contribution in [-0.2, 0) is 25.7 Å². The SMILES string of the molecule is NC(=O)CC(NC(=O)c1ccc2ccccc2n1)C(=O)NOC(=O)N[C@@H](Cc1ccccc1)[C@H](O)CNOC1CCCC1. The van der Waals surface area contributed by atoms with Gasteiger partial charge in [-0.3, -0.25) is 19.2 Å². The minimum absolute atomic E-state index is 0.0166. The zero-order valence-electron chi connectivity index (χ0n) is 23.5. The lowest BCUT2D eigenvalue weighted by Crippen LogP contribution is -2.52. The Morgan fingerprint density at radius 3 is 2.42 bits per heavy atom. The molecule has 2 aromatic carbocycles. The van der Waals surface area contributed by atoms with Crippen LogP contribution in [-0.4, -0.2) is 64.7 Å². The number of nitrogens with one attached hydrogen (secondary N) is 4. The fourth-order valence-corrected chi connectivity index (χ4v) is 4.73. The summed E-state index contributed by atoms with van der Waals surface area (Å²) < 4.78 is 0. The van der Waals surface area contributed by atoms with E-state index in [0.717, 1.165) is 36.6 Å². The highest BCUT2D eigenvalue weighted by Gasteiger charge is 2.27. The van der Waals surface area contributed by atoms with Crippen LogP contribution in [0.1, 0.15) is 48.2 Å². The number of aromatic nitrogens is 1. The zero-order chi connectivity index (χ0) is 30.6. The maximum absolute atomic E-state index is 12.8. The molecule has 0 spiro atoms. The number of amides is 4. The van der Waals surface area contributed by atoms with Gasteiger partial charge >= 0.3 is 6.09 Å². The zero-order valence-corrected chi connectivity index (χ0v) is 23.5. The Morgan fingerprint density at radius 2 is 1.67 bits per heavy atom. The van der Waals surface area contributed by atoms with Crippen molar-refractivity contribution in [2.45, 2.75) is 62.8 Å². The van der Waals surface area contributed by atoms with E-state index in [-0.39, 0.29) is 24.8 Å². The summed E-state index contributed by atoms with van der Waals surface area (Å²) in [6.45, 7) is 0.0379. The van der Waals surface area contributed by atoms with E-state index in [1.165, 1.54) is 6.07 Å². The van der Waals surface area contributed by atoms with Crippen LogP contribution in [0.5, 0.6) is 0 Å². The normalized spacial score (nSPS) is 15.3. The molecule has 228 valence electrons. The average Bonchev–Trinajstić information content (AvgIpc) is 3.53. The highest BCUT2D eigenvalue weighted by molar-refractivity contribution is 5.99. The van der Waals surface area contributed by atoms with E-state index in [2.05, 4.69) is 21.1 Å². The number of primary amides is 1. The molecule has 1 heterocycles. The minimum atomic E-state index is -1.45. The molecule has 4 amide bonds. The third kappa shape index (κ3) is 9.74.